The second kappa shape index (κ2) is 4.97. The highest BCUT2D eigenvalue weighted by molar-refractivity contribution is 8.13. The summed E-state index contributed by atoms with van der Waals surface area (Å²) in [7, 11) is 1.39. The molecule has 0 atom stereocenters. The van der Waals surface area contributed by atoms with Gasteiger partial charge in [-0.3, -0.25) is 0 Å². The second-order valence-corrected chi connectivity index (χ2v) is 2.33. The molecule has 0 bridgehead atoms. The van der Waals surface area contributed by atoms with Crippen LogP contribution in [0.15, 0.2) is 0 Å². The third-order valence-corrected chi connectivity index (χ3v) is 1.61. The van der Waals surface area contributed by atoms with Crippen molar-refractivity contribution in [1.82, 2.24) is 0 Å². The number of rotatable bonds is 2. The van der Waals surface area contributed by atoms with E-state index in [9.17, 15) is 4.79 Å². The van der Waals surface area contributed by atoms with Gasteiger partial charge < -0.3 is 4.74 Å². The molecule has 0 aromatic heterocycles. The Kier molecular flexibility index (Phi) is 4.85. The number of hydrogen-bond acceptors (Lipinski definition) is 3. The molecule has 0 fully saturated rings. The zero-order valence-corrected chi connectivity index (χ0v) is 5.96. The van der Waals surface area contributed by atoms with E-state index in [1.54, 1.807) is 0 Å². The molecule has 2 nitrogen and oxygen atoms in total. The van der Waals surface area contributed by atoms with Crippen molar-refractivity contribution in [2.75, 3.05) is 12.9 Å². The van der Waals surface area contributed by atoms with Gasteiger partial charge in [-0.1, -0.05) is 6.92 Å². The topological polar surface area (TPSA) is 26.3 Å². The molecule has 0 N–H and O–H groups in total. The van der Waals surface area contributed by atoms with Gasteiger partial charge >= 0.3 is 5.30 Å². The Bertz CT molecular complexity index is 72.8. The van der Waals surface area contributed by atoms with Crippen molar-refractivity contribution in [3.63, 3.8) is 0 Å². The molecule has 0 unspecified atom stereocenters. The van der Waals surface area contributed by atoms with Gasteiger partial charge in [0.25, 0.3) is 0 Å². The lowest BCUT2D eigenvalue weighted by molar-refractivity contribution is 0.200. The maximum atomic E-state index is 10.3. The molecule has 8 heavy (non-hydrogen) atoms. The van der Waals surface area contributed by atoms with E-state index in [1.807, 2.05) is 6.92 Å². The summed E-state index contributed by atoms with van der Waals surface area (Å²) in [4.78, 5) is 10.3. The first-order valence-corrected chi connectivity index (χ1v) is 3.50. The summed E-state index contributed by atoms with van der Waals surface area (Å²) in [6, 6.07) is 0. The van der Waals surface area contributed by atoms with Crippen LogP contribution >= 0.6 is 11.8 Å². The van der Waals surface area contributed by atoms with Crippen LogP contribution in [0.5, 0.6) is 0 Å². The quantitative estimate of drug-likeness (QED) is 0.539. The highest BCUT2D eigenvalue weighted by atomic mass is 32.2. The second-order valence-electron chi connectivity index (χ2n) is 1.30. The minimum absolute atomic E-state index is 0.188. The lowest BCUT2D eigenvalue weighted by Gasteiger charge is -1.93. The normalized spacial score (nSPS) is 8.75. The number of carbonyl (C=O) groups is 1. The Balaban J connectivity index is 2.99. The minimum atomic E-state index is -0.188. The van der Waals surface area contributed by atoms with Crippen LogP contribution in [0.2, 0.25) is 0 Å². The van der Waals surface area contributed by atoms with E-state index >= 15 is 0 Å². The fourth-order valence-corrected chi connectivity index (χ4v) is 0.733. The third kappa shape index (κ3) is 3.99. The summed E-state index contributed by atoms with van der Waals surface area (Å²) in [5.74, 6) is 0.854. The van der Waals surface area contributed by atoms with E-state index in [0.29, 0.717) is 0 Å². The SMILES string of the molecule is CCCSC(=O)OC. The fraction of sp³-hybridized carbons (Fsp3) is 0.800. The summed E-state index contributed by atoms with van der Waals surface area (Å²) in [5.41, 5.74) is 0. The van der Waals surface area contributed by atoms with Crippen LogP contribution in [0.4, 0.5) is 4.79 Å². The molecular weight excluding hydrogens is 124 g/mol. The van der Waals surface area contributed by atoms with E-state index in [-0.39, 0.29) is 5.30 Å². The number of thioether (sulfide) groups is 1. The van der Waals surface area contributed by atoms with Crippen LogP contribution in [0.1, 0.15) is 13.3 Å². The van der Waals surface area contributed by atoms with Crippen molar-refractivity contribution in [2.24, 2.45) is 0 Å². The van der Waals surface area contributed by atoms with Gasteiger partial charge in [0.05, 0.1) is 7.11 Å². The van der Waals surface area contributed by atoms with Gasteiger partial charge in [0.1, 0.15) is 0 Å². The summed E-state index contributed by atoms with van der Waals surface area (Å²) in [5, 5.41) is -0.188. The Morgan fingerprint density at radius 1 is 1.75 bits per heavy atom. The van der Waals surface area contributed by atoms with Crippen molar-refractivity contribution in [2.45, 2.75) is 13.3 Å². The monoisotopic (exact) mass is 134 g/mol. The van der Waals surface area contributed by atoms with Gasteiger partial charge in [0, 0.05) is 5.75 Å². The van der Waals surface area contributed by atoms with Gasteiger partial charge in [-0.25, -0.2) is 4.79 Å². The molecule has 0 aliphatic carbocycles. The minimum Gasteiger partial charge on any atom is -0.461 e. The highest BCUT2D eigenvalue weighted by Crippen LogP contribution is 2.04. The molecule has 0 aliphatic heterocycles. The van der Waals surface area contributed by atoms with Crippen LogP contribution in [0.3, 0.4) is 0 Å². The molecule has 0 rings (SSSR count). The van der Waals surface area contributed by atoms with E-state index in [0.717, 1.165) is 12.2 Å². The average Bonchev–Trinajstić information content (AvgIpc) is 1.83. The van der Waals surface area contributed by atoms with Crippen molar-refractivity contribution in [1.29, 1.82) is 0 Å². The molecule has 0 radical (unpaired) electrons. The van der Waals surface area contributed by atoms with Crippen molar-refractivity contribution in [3.8, 4) is 0 Å². The third-order valence-electron chi connectivity index (χ3n) is 0.591. The molecule has 0 spiro atoms. The first-order valence-electron chi connectivity index (χ1n) is 2.52. The Morgan fingerprint density at radius 3 is 2.75 bits per heavy atom. The van der Waals surface area contributed by atoms with Crippen LogP contribution in [-0.2, 0) is 4.74 Å². The molecule has 0 aromatic carbocycles. The van der Waals surface area contributed by atoms with E-state index < -0.39 is 0 Å². The Morgan fingerprint density at radius 2 is 2.38 bits per heavy atom. The molecule has 0 heterocycles. The van der Waals surface area contributed by atoms with Gasteiger partial charge in [0.2, 0.25) is 0 Å². The number of carbonyl (C=O) groups excluding carboxylic acids is 1. The molecule has 0 aliphatic rings. The average molecular weight is 134 g/mol. The maximum absolute atomic E-state index is 10.3. The van der Waals surface area contributed by atoms with Crippen LogP contribution in [-0.4, -0.2) is 18.2 Å². The summed E-state index contributed by atoms with van der Waals surface area (Å²) < 4.78 is 4.38. The van der Waals surface area contributed by atoms with E-state index in [1.165, 1.54) is 18.9 Å². The van der Waals surface area contributed by atoms with Gasteiger partial charge in [-0.05, 0) is 18.2 Å². The van der Waals surface area contributed by atoms with Gasteiger partial charge in [-0.15, -0.1) is 0 Å². The summed E-state index contributed by atoms with van der Waals surface area (Å²) in [6.07, 6.45) is 1.01. The molecule has 0 saturated heterocycles. The predicted molar refractivity (Wildman–Crippen MR) is 35.2 cm³/mol. The largest absolute Gasteiger partial charge is 0.461 e. The van der Waals surface area contributed by atoms with Crippen molar-refractivity contribution >= 4 is 17.1 Å². The molecule has 48 valence electrons. The number of hydrogen-bond donors (Lipinski definition) is 0. The maximum Gasteiger partial charge on any atom is 0.367 e. The first-order chi connectivity index (χ1) is 3.81. The van der Waals surface area contributed by atoms with E-state index in [4.69, 9.17) is 0 Å². The van der Waals surface area contributed by atoms with Gasteiger partial charge in [0.15, 0.2) is 0 Å². The molecule has 0 saturated carbocycles. The predicted octanol–water partition coefficient (Wildman–Crippen LogP) is 1.90. The first kappa shape index (κ1) is 7.82. The number of ether oxygens (including phenoxy) is 1. The lowest BCUT2D eigenvalue weighted by Crippen LogP contribution is -1.91. The van der Waals surface area contributed by atoms with Gasteiger partial charge in [-0.2, -0.15) is 0 Å². The summed E-state index contributed by atoms with van der Waals surface area (Å²) in [6.45, 7) is 2.02. The lowest BCUT2D eigenvalue weighted by atomic mass is 10.6. The standard InChI is InChI=1S/C5H10O2S/c1-3-4-8-5(6)7-2/h3-4H2,1-2H3. The smallest absolute Gasteiger partial charge is 0.367 e. The Labute approximate surface area is 53.6 Å². The molecule has 0 aromatic rings. The van der Waals surface area contributed by atoms with Crippen LogP contribution < -0.4 is 0 Å². The molecular formula is C5H10O2S. The van der Waals surface area contributed by atoms with E-state index in [2.05, 4.69) is 4.74 Å². The van der Waals surface area contributed by atoms with Crippen LogP contribution in [0, 0.1) is 0 Å². The highest BCUT2D eigenvalue weighted by Gasteiger charge is 1.95. The number of methoxy groups -OCH3 is 1. The molecule has 3 heteroatoms. The fourth-order valence-electron chi connectivity index (χ4n) is 0.244. The van der Waals surface area contributed by atoms with Crippen molar-refractivity contribution < 1.29 is 9.53 Å². The molecule has 0 amide bonds. The Hall–Kier alpha value is -0.180. The zero-order chi connectivity index (χ0) is 6.41. The summed E-state index contributed by atoms with van der Waals surface area (Å²) >= 11 is 1.22. The van der Waals surface area contributed by atoms with Crippen molar-refractivity contribution in [3.05, 3.63) is 0 Å². The van der Waals surface area contributed by atoms with Crippen LogP contribution in [0.25, 0.3) is 0 Å². The zero-order valence-electron chi connectivity index (χ0n) is 5.14.